The Kier molecular flexibility index (Phi) is 9.97. The fraction of sp³-hybridized carbons (Fsp3) is 0.355. The van der Waals surface area contributed by atoms with E-state index in [1.165, 1.54) is 19.2 Å². The number of aliphatic hydroxyl groups excluding tert-OH is 1. The minimum Gasteiger partial charge on any atom is -0.488 e. The van der Waals surface area contributed by atoms with Gasteiger partial charge in [0.25, 0.3) is 0 Å². The van der Waals surface area contributed by atoms with Gasteiger partial charge in [0.1, 0.15) is 17.7 Å². The Bertz CT molecular complexity index is 1500. The third kappa shape index (κ3) is 7.53. The average Bonchev–Trinajstić information content (AvgIpc) is 3.00. The number of likely N-dealkylation sites (N-methyl/N-ethyl adjacent to an activating group) is 1. The average molecular weight is 598 g/mol. The molecule has 224 valence electrons. The van der Waals surface area contributed by atoms with Crippen molar-refractivity contribution in [2.24, 2.45) is 5.92 Å². The SMILES string of the molecule is C[C@H]1CN([C@@H](C)CO)C(=O)Cc2cc(NC(=O)Cc3ccccc3)ccc2O[C@@H]1CN(C)S(=O)(=O)c1ccc(F)cc1. The molecule has 0 bridgehead atoms. The summed E-state index contributed by atoms with van der Waals surface area (Å²) < 4.78 is 47.5. The molecular weight excluding hydrogens is 561 g/mol. The molecule has 3 aromatic carbocycles. The zero-order valence-corrected chi connectivity index (χ0v) is 24.7. The van der Waals surface area contributed by atoms with Crippen molar-refractivity contribution in [3.63, 3.8) is 0 Å². The molecule has 0 saturated carbocycles. The Labute approximate surface area is 246 Å². The molecule has 0 unspecified atom stereocenters. The Morgan fingerprint density at radius 3 is 2.50 bits per heavy atom. The predicted molar refractivity (Wildman–Crippen MR) is 157 cm³/mol. The molecule has 0 radical (unpaired) electrons. The number of anilines is 1. The minimum absolute atomic E-state index is 0.0365. The summed E-state index contributed by atoms with van der Waals surface area (Å²) in [5.74, 6) is -0.919. The highest BCUT2D eigenvalue weighted by Gasteiger charge is 2.33. The second-order valence-corrected chi connectivity index (χ2v) is 12.7. The van der Waals surface area contributed by atoms with Crippen LogP contribution in [0.25, 0.3) is 0 Å². The van der Waals surface area contributed by atoms with Crippen LogP contribution >= 0.6 is 0 Å². The van der Waals surface area contributed by atoms with Gasteiger partial charge in [-0.15, -0.1) is 0 Å². The zero-order valence-electron chi connectivity index (χ0n) is 23.9. The van der Waals surface area contributed by atoms with E-state index in [0.717, 1.165) is 22.0 Å². The van der Waals surface area contributed by atoms with Gasteiger partial charge >= 0.3 is 0 Å². The van der Waals surface area contributed by atoms with Crippen molar-refractivity contribution >= 4 is 27.5 Å². The zero-order chi connectivity index (χ0) is 30.4. The predicted octanol–water partition coefficient (Wildman–Crippen LogP) is 3.48. The Morgan fingerprint density at radius 2 is 1.83 bits per heavy atom. The van der Waals surface area contributed by atoms with E-state index in [-0.39, 0.29) is 55.2 Å². The molecular formula is C31H36FN3O6S. The third-order valence-electron chi connectivity index (χ3n) is 7.37. The summed E-state index contributed by atoms with van der Waals surface area (Å²) in [5, 5.41) is 12.7. The van der Waals surface area contributed by atoms with Crippen LogP contribution in [0.1, 0.15) is 25.0 Å². The maximum absolute atomic E-state index is 13.4. The quantitative estimate of drug-likeness (QED) is 0.390. The number of amides is 2. The molecule has 0 aliphatic carbocycles. The van der Waals surface area contributed by atoms with Crippen LogP contribution in [-0.2, 0) is 32.5 Å². The number of halogens is 1. The van der Waals surface area contributed by atoms with Gasteiger partial charge < -0.3 is 20.1 Å². The number of rotatable bonds is 9. The second-order valence-electron chi connectivity index (χ2n) is 10.7. The van der Waals surface area contributed by atoms with Crippen molar-refractivity contribution in [1.82, 2.24) is 9.21 Å². The van der Waals surface area contributed by atoms with Crippen LogP contribution in [0, 0.1) is 11.7 Å². The molecule has 42 heavy (non-hydrogen) atoms. The number of sulfonamides is 1. The van der Waals surface area contributed by atoms with Gasteiger partial charge in [-0.3, -0.25) is 9.59 Å². The number of ether oxygens (including phenoxy) is 1. The summed E-state index contributed by atoms with van der Waals surface area (Å²) >= 11 is 0. The molecule has 0 saturated heterocycles. The molecule has 1 heterocycles. The first-order valence-electron chi connectivity index (χ1n) is 13.7. The van der Waals surface area contributed by atoms with Gasteiger partial charge in [-0.2, -0.15) is 4.31 Å². The normalized spacial score (nSPS) is 18.3. The van der Waals surface area contributed by atoms with Gasteiger partial charge in [0.05, 0.1) is 36.9 Å². The summed E-state index contributed by atoms with van der Waals surface area (Å²) in [6.07, 6.45) is -0.531. The molecule has 0 fully saturated rings. The standard InChI is InChI=1S/C31H36FN3O6S/c1-21-18-35(22(2)20-36)31(38)17-24-16-26(33-30(37)15-23-7-5-4-6-8-23)11-14-28(24)41-29(21)19-34(3)42(39,40)27-12-9-25(32)10-13-27/h4-14,16,21-22,29,36H,15,17-20H2,1-3H3,(H,33,37)/t21-,22-,29+/m0/s1. The molecule has 1 aliphatic heterocycles. The van der Waals surface area contributed by atoms with Gasteiger partial charge in [-0.25, -0.2) is 12.8 Å². The first-order valence-corrected chi connectivity index (χ1v) is 15.2. The van der Waals surface area contributed by atoms with Crippen LogP contribution in [0.4, 0.5) is 10.1 Å². The van der Waals surface area contributed by atoms with E-state index in [4.69, 9.17) is 4.74 Å². The molecule has 1 aliphatic rings. The van der Waals surface area contributed by atoms with E-state index < -0.39 is 28.0 Å². The van der Waals surface area contributed by atoms with Crippen LogP contribution < -0.4 is 10.1 Å². The number of fused-ring (bicyclic) bond motifs is 1. The Balaban J connectivity index is 1.62. The molecule has 2 N–H and O–H groups in total. The van der Waals surface area contributed by atoms with Gasteiger partial charge in [0.15, 0.2) is 0 Å². The summed E-state index contributed by atoms with van der Waals surface area (Å²) in [4.78, 5) is 27.7. The van der Waals surface area contributed by atoms with Gasteiger partial charge in [0.2, 0.25) is 21.8 Å². The molecule has 3 aromatic rings. The lowest BCUT2D eigenvalue weighted by atomic mass is 10.0. The van der Waals surface area contributed by atoms with Crippen LogP contribution in [0.2, 0.25) is 0 Å². The first kappa shape index (κ1) is 31.1. The van der Waals surface area contributed by atoms with Crippen molar-refractivity contribution in [3.05, 3.63) is 89.7 Å². The summed E-state index contributed by atoms with van der Waals surface area (Å²) in [6.45, 7) is 3.53. The van der Waals surface area contributed by atoms with Crippen molar-refractivity contribution < 1.29 is 32.2 Å². The lowest BCUT2D eigenvalue weighted by molar-refractivity contribution is -0.134. The number of nitrogens with zero attached hydrogens (tertiary/aromatic N) is 2. The highest BCUT2D eigenvalue weighted by molar-refractivity contribution is 7.89. The lowest BCUT2D eigenvalue weighted by Crippen LogP contribution is -2.48. The van der Waals surface area contributed by atoms with E-state index in [0.29, 0.717) is 17.0 Å². The molecule has 9 nitrogen and oxygen atoms in total. The molecule has 2 amide bonds. The Morgan fingerprint density at radius 1 is 1.14 bits per heavy atom. The Hall–Kier alpha value is -3.80. The second kappa shape index (κ2) is 13.5. The summed E-state index contributed by atoms with van der Waals surface area (Å²) in [5.41, 5.74) is 1.88. The summed E-state index contributed by atoms with van der Waals surface area (Å²) in [7, 11) is -2.54. The topological polar surface area (TPSA) is 116 Å². The third-order valence-corrected chi connectivity index (χ3v) is 9.20. The van der Waals surface area contributed by atoms with Crippen LogP contribution in [0.3, 0.4) is 0 Å². The van der Waals surface area contributed by atoms with Crippen LogP contribution in [0.15, 0.2) is 77.7 Å². The van der Waals surface area contributed by atoms with E-state index in [1.54, 1.807) is 30.0 Å². The molecule has 3 atom stereocenters. The van der Waals surface area contributed by atoms with Crippen molar-refractivity contribution in [2.75, 3.05) is 32.1 Å². The van der Waals surface area contributed by atoms with Crippen molar-refractivity contribution in [3.8, 4) is 5.75 Å². The van der Waals surface area contributed by atoms with Gasteiger partial charge in [-0.05, 0) is 55.0 Å². The fourth-order valence-corrected chi connectivity index (χ4v) is 6.03. The highest BCUT2D eigenvalue weighted by atomic mass is 32.2. The largest absolute Gasteiger partial charge is 0.488 e. The van der Waals surface area contributed by atoms with Crippen LogP contribution in [0.5, 0.6) is 5.75 Å². The monoisotopic (exact) mass is 597 g/mol. The lowest BCUT2D eigenvalue weighted by Gasteiger charge is -2.33. The number of carbonyl (C=O) groups excluding carboxylic acids is 2. The highest BCUT2D eigenvalue weighted by Crippen LogP contribution is 2.30. The fourth-order valence-electron chi connectivity index (χ4n) is 4.85. The van der Waals surface area contributed by atoms with E-state index >= 15 is 0 Å². The van der Waals surface area contributed by atoms with E-state index in [1.807, 2.05) is 37.3 Å². The molecule has 0 aromatic heterocycles. The van der Waals surface area contributed by atoms with Crippen molar-refractivity contribution in [1.29, 1.82) is 0 Å². The maximum Gasteiger partial charge on any atom is 0.242 e. The van der Waals surface area contributed by atoms with Crippen LogP contribution in [-0.4, -0.2) is 73.4 Å². The number of aliphatic hydroxyl groups is 1. The van der Waals surface area contributed by atoms with Gasteiger partial charge in [-0.1, -0.05) is 37.3 Å². The number of carbonyl (C=O) groups is 2. The number of benzene rings is 3. The maximum atomic E-state index is 13.4. The molecule has 4 rings (SSSR count). The number of hydrogen-bond acceptors (Lipinski definition) is 6. The first-order chi connectivity index (χ1) is 20.0. The molecule has 0 spiro atoms. The minimum atomic E-state index is -3.96. The van der Waals surface area contributed by atoms with E-state index in [9.17, 15) is 27.5 Å². The van der Waals surface area contributed by atoms with E-state index in [2.05, 4.69) is 5.32 Å². The number of hydrogen-bond donors (Lipinski definition) is 2. The number of nitrogens with one attached hydrogen (secondary N) is 1. The molecule has 11 heteroatoms. The van der Waals surface area contributed by atoms with Crippen molar-refractivity contribution in [2.45, 2.75) is 43.7 Å². The summed E-state index contributed by atoms with van der Waals surface area (Å²) in [6, 6.07) is 18.5. The van der Waals surface area contributed by atoms with Gasteiger partial charge in [0, 0.05) is 30.8 Å². The smallest absolute Gasteiger partial charge is 0.242 e.